The van der Waals surface area contributed by atoms with Gasteiger partial charge < -0.3 is 26.0 Å². The first-order chi connectivity index (χ1) is 20.1. The molecule has 6 rings (SSSR count). The minimum absolute atomic E-state index is 0.138. The van der Waals surface area contributed by atoms with E-state index in [1.807, 2.05) is 36.4 Å². The lowest BCUT2D eigenvalue weighted by molar-refractivity contribution is 0.0960. The van der Waals surface area contributed by atoms with E-state index < -0.39 is 0 Å². The number of phenolic OH excluding ortho intramolecular Hbond substituents is 1. The van der Waals surface area contributed by atoms with E-state index in [1.54, 1.807) is 35.1 Å². The molecular weight excluding hydrogens is 520 g/mol. The van der Waals surface area contributed by atoms with Crippen LogP contribution < -0.4 is 20.9 Å². The number of rotatable bonds is 5. The Morgan fingerprint density at radius 1 is 1.02 bits per heavy atom. The number of nitrogens with two attached hydrogens (primary N) is 1. The highest BCUT2D eigenvalue weighted by molar-refractivity contribution is 6.00. The van der Waals surface area contributed by atoms with Crippen LogP contribution in [0.2, 0.25) is 0 Å². The largest absolute Gasteiger partial charge is 0.507 e. The van der Waals surface area contributed by atoms with E-state index in [0.717, 1.165) is 17.0 Å². The van der Waals surface area contributed by atoms with Gasteiger partial charge in [0.1, 0.15) is 11.6 Å². The van der Waals surface area contributed by atoms with Gasteiger partial charge in [-0.25, -0.2) is 14.5 Å². The number of aromatic nitrogens is 6. The van der Waals surface area contributed by atoms with Crippen molar-refractivity contribution in [3.05, 3.63) is 84.6 Å². The Labute approximate surface area is 235 Å². The number of para-hydroxylation sites is 1. The summed E-state index contributed by atoms with van der Waals surface area (Å²) in [6.45, 7) is 2.94. The quantitative estimate of drug-likeness (QED) is 0.279. The summed E-state index contributed by atoms with van der Waals surface area (Å²) in [5, 5.41) is 25.5. The first-order valence-electron chi connectivity index (χ1n) is 13.0. The summed E-state index contributed by atoms with van der Waals surface area (Å²) in [7, 11) is 0. The van der Waals surface area contributed by atoms with Crippen LogP contribution in [0.5, 0.6) is 5.75 Å². The molecule has 0 atom stereocenters. The number of nitrogens with one attached hydrogen (secondary N) is 1. The summed E-state index contributed by atoms with van der Waals surface area (Å²) in [4.78, 5) is 25.7. The van der Waals surface area contributed by atoms with E-state index in [4.69, 9.17) is 5.73 Å². The van der Waals surface area contributed by atoms with Crippen LogP contribution in [0.1, 0.15) is 16.2 Å². The molecule has 5 heterocycles. The van der Waals surface area contributed by atoms with Gasteiger partial charge in [-0.3, -0.25) is 4.79 Å². The number of anilines is 3. The van der Waals surface area contributed by atoms with Crippen LogP contribution in [0.25, 0.3) is 16.8 Å². The Hall–Kier alpha value is -5.70. The Morgan fingerprint density at radius 2 is 1.83 bits per heavy atom. The fraction of sp³-hybridized carbons (Fsp3) is 0.172. The molecule has 12 nitrogen and oxygen atoms in total. The highest BCUT2D eigenvalue weighted by Gasteiger charge is 2.22. The SMILES string of the molecule is Nc1nnc(-c2ccccc2O)cc1N1CCN(c2ccnc(C#CCNC(=O)c3cnn4ccccc34)n2)CC1. The van der Waals surface area contributed by atoms with Crippen LogP contribution in [-0.4, -0.2) is 73.5 Å². The third-order valence-electron chi connectivity index (χ3n) is 6.78. The van der Waals surface area contributed by atoms with Crippen LogP contribution in [0.15, 0.2) is 73.2 Å². The summed E-state index contributed by atoms with van der Waals surface area (Å²) < 4.78 is 1.65. The Balaban J connectivity index is 1.07. The van der Waals surface area contributed by atoms with Crippen molar-refractivity contribution in [2.45, 2.75) is 0 Å². The lowest BCUT2D eigenvalue weighted by Gasteiger charge is -2.36. The van der Waals surface area contributed by atoms with Crippen LogP contribution >= 0.6 is 0 Å². The smallest absolute Gasteiger partial charge is 0.255 e. The van der Waals surface area contributed by atoms with Gasteiger partial charge in [-0.2, -0.15) is 5.10 Å². The number of hydrogen-bond acceptors (Lipinski definition) is 10. The number of carbonyl (C=O) groups is 1. The maximum Gasteiger partial charge on any atom is 0.255 e. The average Bonchev–Trinajstić information content (AvgIpc) is 3.45. The van der Waals surface area contributed by atoms with Gasteiger partial charge in [0.15, 0.2) is 5.82 Å². The van der Waals surface area contributed by atoms with Gasteiger partial charge in [0.05, 0.1) is 35.2 Å². The van der Waals surface area contributed by atoms with Gasteiger partial charge in [0, 0.05) is 44.1 Å². The molecule has 0 radical (unpaired) electrons. The number of fused-ring (bicyclic) bond motifs is 1. The maximum atomic E-state index is 12.5. The van der Waals surface area contributed by atoms with Gasteiger partial charge in [-0.05, 0) is 42.3 Å². The lowest BCUT2D eigenvalue weighted by Crippen LogP contribution is -2.47. The number of carbonyl (C=O) groups excluding carboxylic acids is 1. The lowest BCUT2D eigenvalue weighted by atomic mass is 10.1. The molecule has 1 aromatic carbocycles. The van der Waals surface area contributed by atoms with Gasteiger partial charge in [0.2, 0.25) is 5.82 Å². The number of hydrogen-bond donors (Lipinski definition) is 3. The van der Waals surface area contributed by atoms with E-state index in [2.05, 4.69) is 52.2 Å². The van der Waals surface area contributed by atoms with Gasteiger partial charge in [-0.15, -0.1) is 10.2 Å². The van der Waals surface area contributed by atoms with Crippen molar-refractivity contribution in [2.24, 2.45) is 0 Å². The molecular formula is C29H26N10O2. The van der Waals surface area contributed by atoms with Gasteiger partial charge in [-0.1, -0.05) is 24.1 Å². The van der Waals surface area contributed by atoms with Crippen molar-refractivity contribution in [1.82, 2.24) is 35.1 Å². The van der Waals surface area contributed by atoms with Crippen molar-refractivity contribution < 1.29 is 9.90 Å². The van der Waals surface area contributed by atoms with E-state index >= 15 is 0 Å². The number of pyridine rings is 1. The number of phenols is 1. The molecule has 204 valence electrons. The van der Waals surface area contributed by atoms with E-state index in [0.29, 0.717) is 54.6 Å². The standard InChI is InChI=1S/C29H26N10O2/c30-28-24(18-22(35-36-28)20-6-1-2-8-25(20)40)37-14-16-38(17-15-37)27-10-12-31-26(34-27)9-5-11-32-29(41)21-19-33-39-13-4-3-7-23(21)39/h1-4,6-8,10,12-13,18-19,40H,11,14-17H2,(H2,30,36)(H,32,41). The normalized spacial score (nSPS) is 13.1. The van der Waals surface area contributed by atoms with Crippen molar-refractivity contribution in [1.29, 1.82) is 0 Å². The Bertz CT molecular complexity index is 1780. The van der Waals surface area contributed by atoms with Crippen LogP contribution in [-0.2, 0) is 0 Å². The molecule has 1 aliphatic rings. The third kappa shape index (κ3) is 5.41. The third-order valence-corrected chi connectivity index (χ3v) is 6.78. The van der Waals surface area contributed by atoms with Crippen LogP contribution in [0, 0.1) is 11.8 Å². The number of aromatic hydroxyl groups is 1. The predicted molar refractivity (Wildman–Crippen MR) is 154 cm³/mol. The predicted octanol–water partition coefficient (Wildman–Crippen LogP) is 1.98. The van der Waals surface area contributed by atoms with Gasteiger partial charge >= 0.3 is 0 Å². The monoisotopic (exact) mass is 546 g/mol. The maximum absolute atomic E-state index is 12.5. The number of piperazine rings is 1. The highest BCUT2D eigenvalue weighted by Crippen LogP contribution is 2.31. The minimum atomic E-state index is -0.245. The highest BCUT2D eigenvalue weighted by atomic mass is 16.3. The zero-order chi connectivity index (χ0) is 28.2. The first kappa shape index (κ1) is 25.6. The second-order valence-corrected chi connectivity index (χ2v) is 9.30. The summed E-state index contributed by atoms with van der Waals surface area (Å²) >= 11 is 0. The molecule has 4 N–H and O–H groups in total. The molecule has 0 bridgehead atoms. The zero-order valence-corrected chi connectivity index (χ0v) is 22.0. The molecule has 1 amide bonds. The summed E-state index contributed by atoms with van der Waals surface area (Å²) in [5.41, 5.74) is 9.33. The average molecular weight is 547 g/mol. The molecule has 1 aliphatic heterocycles. The van der Waals surface area contributed by atoms with Crippen molar-refractivity contribution in [3.63, 3.8) is 0 Å². The first-order valence-corrected chi connectivity index (χ1v) is 13.0. The number of nitrogen functional groups attached to an aromatic ring is 1. The number of amides is 1. The fourth-order valence-electron chi connectivity index (χ4n) is 4.68. The molecule has 0 aliphatic carbocycles. The van der Waals surface area contributed by atoms with Crippen LogP contribution in [0.4, 0.5) is 17.3 Å². The van der Waals surface area contributed by atoms with E-state index in [-0.39, 0.29) is 18.2 Å². The molecule has 4 aromatic heterocycles. The van der Waals surface area contributed by atoms with Crippen molar-refractivity contribution in [2.75, 3.05) is 48.3 Å². The summed E-state index contributed by atoms with van der Waals surface area (Å²) in [6.07, 6.45) is 5.01. The molecule has 1 fully saturated rings. The van der Waals surface area contributed by atoms with Crippen molar-refractivity contribution in [3.8, 4) is 28.8 Å². The Kier molecular flexibility index (Phi) is 6.98. The molecule has 5 aromatic rings. The minimum Gasteiger partial charge on any atom is -0.507 e. The van der Waals surface area contributed by atoms with Crippen molar-refractivity contribution >= 4 is 28.7 Å². The fourth-order valence-corrected chi connectivity index (χ4v) is 4.68. The second kappa shape index (κ2) is 11.2. The molecule has 0 unspecified atom stereocenters. The van der Waals surface area contributed by atoms with Gasteiger partial charge in [0.25, 0.3) is 5.91 Å². The Morgan fingerprint density at radius 3 is 2.68 bits per heavy atom. The van der Waals surface area contributed by atoms with E-state index in [1.165, 1.54) is 6.20 Å². The molecule has 0 spiro atoms. The number of benzene rings is 1. The number of nitrogens with zero attached hydrogens (tertiary/aromatic N) is 8. The van der Waals surface area contributed by atoms with Crippen LogP contribution in [0.3, 0.4) is 0 Å². The van der Waals surface area contributed by atoms with E-state index in [9.17, 15) is 9.90 Å². The molecule has 12 heteroatoms. The molecule has 1 saturated heterocycles. The second-order valence-electron chi connectivity index (χ2n) is 9.30. The topological polar surface area (TPSA) is 151 Å². The molecule has 41 heavy (non-hydrogen) atoms. The summed E-state index contributed by atoms with van der Waals surface area (Å²) in [5.74, 6) is 7.24. The zero-order valence-electron chi connectivity index (χ0n) is 22.0. The molecule has 0 saturated carbocycles. The summed E-state index contributed by atoms with van der Waals surface area (Å²) in [6, 6.07) is 16.3.